The summed E-state index contributed by atoms with van der Waals surface area (Å²) in [6, 6.07) is 5.14. The van der Waals surface area contributed by atoms with E-state index >= 15 is 0 Å². The summed E-state index contributed by atoms with van der Waals surface area (Å²) in [6.07, 6.45) is 0.488. The average Bonchev–Trinajstić information content (AvgIpc) is 3.03. The van der Waals surface area contributed by atoms with E-state index in [2.05, 4.69) is 0 Å². The highest BCUT2D eigenvalue weighted by Crippen LogP contribution is 2.44. The highest BCUT2D eigenvalue weighted by Gasteiger charge is 2.46. The molecule has 2 aromatic rings. The van der Waals surface area contributed by atoms with E-state index in [1.54, 1.807) is 6.92 Å². The molecular formula is C22H21ClN2O8. The molecule has 1 unspecified atom stereocenters. The number of halogens is 1. The molecule has 0 spiro atoms. The monoisotopic (exact) mass is 476 g/mol. The van der Waals surface area contributed by atoms with Gasteiger partial charge in [-0.15, -0.1) is 0 Å². The molecule has 0 aromatic heterocycles. The van der Waals surface area contributed by atoms with Crippen LogP contribution in [0.3, 0.4) is 0 Å². The number of hydrogen-bond donors (Lipinski definition) is 2. The molecule has 1 aliphatic heterocycles. The van der Waals surface area contributed by atoms with Crippen LogP contribution in [0.5, 0.6) is 17.2 Å². The van der Waals surface area contributed by atoms with E-state index in [0.29, 0.717) is 6.42 Å². The van der Waals surface area contributed by atoms with Gasteiger partial charge in [0.15, 0.2) is 5.75 Å². The zero-order chi connectivity index (χ0) is 24.4. The first-order valence-corrected chi connectivity index (χ1v) is 10.2. The normalized spacial score (nSPS) is 17.3. The van der Waals surface area contributed by atoms with Crippen LogP contribution in [0.2, 0.25) is 5.02 Å². The number of aromatic hydroxyl groups is 1. The van der Waals surface area contributed by atoms with Gasteiger partial charge in [0.25, 0.3) is 11.7 Å². The predicted molar refractivity (Wildman–Crippen MR) is 119 cm³/mol. The topological polar surface area (TPSA) is 139 Å². The van der Waals surface area contributed by atoms with Crippen molar-refractivity contribution in [3.05, 3.63) is 62.2 Å². The Hall–Kier alpha value is -3.79. The van der Waals surface area contributed by atoms with Gasteiger partial charge < -0.3 is 24.6 Å². The number of aliphatic hydroxyl groups is 1. The molecule has 0 saturated carbocycles. The summed E-state index contributed by atoms with van der Waals surface area (Å²) in [5.74, 6) is -2.56. The molecule has 0 aliphatic carbocycles. The number of aliphatic hydroxyl groups excluding tert-OH is 1. The van der Waals surface area contributed by atoms with E-state index in [1.165, 1.54) is 37.3 Å². The average molecular weight is 477 g/mol. The highest BCUT2D eigenvalue weighted by molar-refractivity contribution is 6.46. The number of nitro groups is 1. The predicted octanol–water partition coefficient (Wildman–Crippen LogP) is 3.80. The number of nitrogens with zero attached hydrogens (tertiary/aromatic N) is 2. The van der Waals surface area contributed by atoms with Crippen molar-refractivity contribution >= 4 is 34.7 Å². The molecule has 2 N–H and O–H groups in total. The summed E-state index contributed by atoms with van der Waals surface area (Å²) in [5.41, 5.74) is -0.670. The smallest absolute Gasteiger partial charge is 0.311 e. The maximum Gasteiger partial charge on any atom is 0.311 e. The Labute approximate surface area is 193 Å². The van der Waals surface area contributed by atoms with Gasteiger partial charge in [-0.25, -0.2) is 0 Å². The number of rotatable bonds is 7. The number of methoxy groups -OCH3 is 2. The number of carbonyl (C=O) groups excluding carboxylic acids is 2. The Morgan fingerprint density at radius 2 is 1.85 bits per heavy atom. The zero-order valence-corrected chi connectivity index (χ0v) is 18.8. The van der Waals surface area contributed by atoms with Crippen molar-refractivity contribution in [3.8, 4) is 17.2 Å². The van der Waals surface area contributed by atoms with E-state index < -0.39 is 39.9 Å². The molecule has 10 nitrogen and oxygen atoms in total. The second-order valence-corrected chi connectivity index (χ2v) is 7.59. The van der Waals surface area contributed by atoms with Gasteiger partial charge in [0, 0.05) is 18.7 Å². The van der Waals surface area contributed by atoms with Gasteiger partial charge in [-0.05, 0) is 24.1 Å². The van der Waals surface area contributed by atoms with Crippen LogP contribution in [0, 0.1) is 10.1 Å². The lowest BCUT2D eigenvalue weighted by Crippen LogP contribution is -2.30. The third-order valence-corrected chi connectivity index (χ3v) is 5.54. The number of phenolic OH excluding ortho intramolecular Hbond substituents is 1. The minimum atomic E-state index is -1.13. The van der Waals surface area contributed by atoms with Crippen LogP contribution in [-0.2, 0) is 9.59 Å². The molecule has 33 heavy (non-hydrogen) atoms. The Kier molecular flexibility index (Phi) is 6.78. The number of ketones is 1. The van der Waals surface area contributed by atoms with Crippen molar-refractivity contribution in [3.63, 3.8) is 0 Å². The summed E-state index contributed by atoms with van der Waals surface area (Å²) in [4.78, 5) is 37.6. The van der Waals surface area contributed by atoms with Gasteiger partial charge >= 0.3 is 5.69 Å². The van der Waals surface area contributed by atoms with Crippen LogP contribution in [0.1, 0.15) is 30.5 Å². The summed E-state index contributed by atoms with van der Waals surface area (Å²) in [5, 5.41) is 32.5. The van der Waals surface area contributed by atoms with Crippen LogP contribution in [0.15, 0.2) is 35.9 Å². The first-order chi connectivity index (χ1) is 15.7. The number of ether oxygens (including phenoxy) is 2. The second kappa shape index (κ2) is 9.37. The standard InChI is InChI=1S/C22H21ClN2O8/c1-4-7-24-19(11-5-6-15(26)14(8-11)25(30)31)18(21(28)22(24)29)20(27)12-9-13(23)17(33-3)10-16(12)32-2/h5-6,8-10,19,26-27H,4,7H2,1-3H3/b20-18+. The van der Waals surface area contributed by atoms with Gasteiger partial charge in [-0.2, -0.15) is 0 Å². The highest BCUT2D eigenvalue weighted by atomic mass is 35.5. The molecule has 1 amide bonds. The molecule has 0 bridgehead atoms. The molecule has 11 heteroatoms. The van der Waals surface area contributed by atoms with Crippen molar-refractivity contribution < 1.29 is 34.2 Å². The molecule has 1 fully saturated rings. The van der Waals surface area contributed by atoms with Crippen molar-refractivity contribution in [1.82, 2.24) is 4.90 Å². The Balaban J connectivity index is 2.30. The number of amides is 1. The maximum atomic E-state index is 13.0. The summed E-state index contributed by atoms with van der Waals surface area (Å²) < 4.78 is 10.4. The van der Waals surface area contributed by atoms with Gasteiger partial charge in [0.1, 0.15) is 17.3 Å². The van der Waals surface area contributed by atoms with Crippen molar-refractivity contribution in [2.45, 2.75) is 19.4 Å². The van der Waals surface area contributed by atoms with E-state index in [-0.39, 0.29) is 39.8 Å². The molecule has 1 heterocycles. The van der Waals surface area contributed by atoms with E-state index in [1.807, 2.05) is 0 Å². The van der Waals surface area contributed by atoms with Crippen LogP contribution in [0.25, 0.3) is 5.76 Å². The number of carbonyl (C=O) groups is 2. The minimum absolute atomic E-state index is 0.0380. The second-order valence-electron chi connectivity index (χ2n) is 7.18. The number of likely N-dealkylation sites (tertiary alicyclic amines) is 1. The molecule has 3 rings (SSSR count). The molecule has 1 atom stereocenters. The number of nitro benzene ring substituents is 1. The molecule has 174 valence electrons. The SMILES string of the molecule is CCCN1C(=O)C(=O)/C(=C(/O)c2cc(Cl)c(OC)cc2OC)C1c1ccc(O)c([N+](=O)[O-])c1. The van der Waals surface area contributed by atoms with Crippen molar-refractivity contribution in [2.75, 3.05) is 20.8 Å². The molecule has 1 aliphatic rings. The lowest BCUT2D eigenvalue weighted by Gasteiger charge is -2.25. The Bertz CT molecular complexity index is 1180. The third kappa shape index (κ3) is 4.17. The van der Waals surface area contributed by atoms with Crippen molar-refractivity contribution in [1.29, 1.82) is 0 Å². The fourth-order valence-electron chi connectivity index (χ4n) is 3.75. The van der Waals surface area contributed by atoms with E-state index in [9.17, 15) is 29.9 Å². The molecule has 0 radical (unpaired) electrons. The lowest BCUT2D eigenvalue weighted by molar-refractivity contribution is -0.385. The lowest BCUT2D eigenvalue weighted by atomic mass is 9.94. The molecule has 1 saturated heterocycles. The number of Topliss-reactive ketones (excluding diaryl/α,β-unsaturated/α-hetero) is 1. The third-order valence-electron chi connectivity index (χ3n) is 5.25. The molecule has 2 aromatic carbocycles. The Morgan fingerprint density at radius 1 is 1.18 bits per heavy atom. The quantitative estimate of drug-likeness (QED) is 0.202. The summed E-state index contributed by atoms with van der Waals surface area (Å²) >= 11 is 6.20. The summed E-state index contributed by atoms with van der Waals surface area (Å²) in [7, 11) is 2.74. The van der Waals surface area contributed by atoms with Crippen LogP contribution in [-0.4, -0.2) is 52.5 Å². The fourth-order valence-corrected chi connectivity index (χ4v) is 3.99. The summed E-state index contributed by atoms with van der Waals surface area (Å²) in [6.45, 7) is 1.95. The van der Waals surface area contributed by atoms with E-state index in [0.717, 1.165) is 12.1 Å². The minimum Gasteiger partial charge on any atom is -0.507 e. The zero-order valence-electron chi connectivity index (χ0n) is 18.0. The van der Waals surface area contributed by atoms with Gasteiger partial charge in [0.05, 0.1) is 41.3 Å². The van der Waals surface area contributed by atoms with E-state index in [4.69, 9.17) is 21.1 Å². The maximum absolute atomic E-state index is 13.0. The first-order valence-electron chi connectivity index (χ1n) is 9.83. The fraction of sp³-hybridized carbons (Fsp3) is 0.273. The van der Waals surface area contributed by atoms with Crippen LogP contribution < -0.4 is 9.47 Å². The number of hydrogen-bond acceptors (Lipinski definition) is 8. The molecular weight excluding hydrogens is 456 g/mol. The largest absolute Gasteiger partial charge is 0.507 e. The van der Waals surface area contributed by atoms with Crippen molar-refractivity contribution in [2.24, 2.45) is 0 Å². The number of benzene rings is 2. The number of phenols is 1. The first kappa shape index (κ1) is 23.9. The van der Waals surface area contributed by atoms with Gasteiger partial charge in [-0.1, -0.05) is 24.6 Å². The Morgan fingerprint density at radius 3 is 2.42 bits per heavy atom. The van der Waals surface area contributed by atoms with Gasteiger partial charge in [-0.3, -0.25) is 19.7 Å². The van der Waals surface area contributed by atoms with Crippen LogP contribution in [0.4, 0.5) is 5.69 Å². The van der Waals surface area contributed by atoms with Crippen LogP contribution >= 0.6 is 11.6 Å². The van der Waals surface area contributed by atoms with Gasteiger partial charge in [0.2, 0.25) is 0 Å².